The Morgan fingerprint density at radius 3 is 2.67 bits per heavy atom. The molecule has 24 heavy (non-hydrogen) atoms. The molecule has 1 heterocycles. The van der Waals surface area contributed by atoms with E-state index in [-0.39, 0.29) is 0 Å². The van der Waals surface area contributed by atoms with Gasteiger partial charge in [-0.25, -0.2) is 0 Å². The third-order valence-corrected chi connectivity index (χ3v) is 4.25. The first kappa shape index (κ1) is 16.3. The van der Waals surface area contributed by atoms with E-state index in [0.717, 1.165) is 24.1 Å². The number of pyridine rings is 1. The van der Waals surface area contributed by atoms with Gasteiger partial charge < -0.3 is 5.32 Å². The minimum atomic E-state index is 0.387. The number of nitrogens with one attached hydrogen (secondary N) is 1. The van der Waals surface area contributed by atoms with Crippen LogP contribution in [0.5, 0.6) is 0 Å². The van der Waals surface area contributed by atoms with Crippen LogP contribution in [0.15, 0.2) is 66.9 Å². The van der Waals surface area contributed by atoms with Crippen molar-refractivity contribution in [2.24, 2.45) is 0 Å². The zero-order valence-corrected chi connectivity index (χ0v) is 14.3. The summed E-state index contributed by atoms with van der Waals surface area (Å²) in [6, 6.07) is 24.3. The summed E-state index contributed by atoms with van der Waals surface area (Å²) in [4.78, 5) is 4.48. The molecule has 0 aliphatic rings. The van der Waals surface area contributed by atoms with Crippen molar-refractivity contribution in [2.75, 3.05) is 5.32 Å². The van der Waals surface area contributed by atoms with E-state index in [2.05, 4.69) is 78.7 Å². The fourth-order valence-corrected chi connectivity index (χ4v) is 2.89. The first-order valence-electron chi connectivity index (χ1n) is 8.46. The van der Waals surface area contributed by atoms with Crippen molar-refractivity contribution in [1.29, 1.82) is 0 Å². The summed E-state index contributed by atoms with van der Waals surface area (Å²) < 4.78 is 0. The predicted octanol–water partition coefficient (Wildman–Crippen LogP) is 5.29. The highest BCUT2D eigenvalue weighted by atomic mass is 14.9. The summed E-state index contributed by atoms with van der Waals surface area (Å²) in [7, 11) is 0. The summed E-state index contributed by atoms with van der Waals surface area (Å²) >= 11 is 0. The summed E-state index contributed by atoms with van der Waals surface area (Å²) in [5.41, 5.74) is 5.89. The monoisotopic (exact) mass is 315 g/mol. The lowest BCUT2D eigenvalue weighted by Crippen LogP contribution is -2.17. The van der Waals surface area contributed by atoms with Gasteiger partial charge in [-0.3, -0.25) is 4.98 Å². The van der Waals surface area contributed by atoms with E-state index in [1.54, 1.807) is 6.20 Å². The van der Waals surface area contributed by atoms with Crippen LogP contribution in [0.2, 0.25) is 0 Å². The fourth-order valence-electron chi connectivity index (χ4n) is 2.89. The van der Waals surface area contributed by atoms with Gasteiger partial charge in [-0.1, -0.05) is 48.5 Å². The molecular weight excluding hydrogens is 292 g/mol. The molecule has 0 aliphatic carbocycles. The molecule has 1 atom stereocenters. The number of benzene rings is 2. The molecule has 0 bridgehead atoms. The highest BCUT2D eigenvalue weighted by Crippen LogP contribution is 2.30. The third kappa shape index (κ3) is 4.02. The molecule has 0 amide bonds. The van der Waals surface area contributed by atoms with E-state index < -0.39 is 0 Å². The van der Waals surface area contributed by atoms with Crippen LogP contribution in [-0.4, -0.2) is 11.0 Å². The van der Waals surface area contributed by atoms with Crippen LogP contribution in [0.4, 0.5) is 5.69 Å². The average molecular weight is 315 g/mol. The van der Waals surface area contributed by atoms with Gasteiger partial charge in [0.1, 0.15) is 0 Å². The summed E-state index contributed by atoms with van der Waals surface area (Å²) in [5.74, 6) is 0. The molecule has 0 saturated carbocycles. The quantitative estimate of drug-likeness (QED) is 0.668. The van der Waals surface area contributed by atoms with Crippen molar-refractivity contribution in [3.8, 4) is 11.3 Å². The molecule has 1 radical (unpaired) electrons. The lowest BCUT2D eigenvalue weighted by molar-refractivity contribution is 0.706. The maximum atomic E-state index is 4.48. The van der Waals surface area contributed by atoms with Crippen LogP contribution in [0.3, 0.4) is 0 Å². The van der Waals surface area contributed by atoms with Gasteiger partial charge in [0.2, 0.25) is 0 Å². The van der Waals surface area contributed by atoms with Crippen molar-refractivity contribution in [3.63, 3.8) is 0 Å². The van der Waals surface area contributed by atoms with Gasteiger partial charge in [-0.2, -0.15) is 0 Å². The van der Waals surface area contributed by atoms with Gasteiger partial charge in [0.15, 0.2) is 0 Å². The minimum absolute atomic E-state index is 0.387. The molecule has 0 aliphatic heterocycles. The Bertz CT molecular complexity index is 766. The first-order valence-corrected chi connectivity index (χ1v) is 8.46. The lowest BCUT2D eigenvalue weighted by atomic mass is 10.0. The number of anilines is 1. The lowest BCUT2D eigenvalue weighted by Gasteiger charge is -2.20. The predicted molar refractivity (Wildman–Crippen MR) is 101 cm³/mol. The van der Waals surface area contributed by atoms with Crippen LogP contribution in [-0.2, 0) is 6.42 Å². The zero-order valence-electron chi connectivity index (χ0n) is 14.3. The van der Waals surface area contributed by atoms with Crippen LogP contribution < -0.4 is 5.32 Å². The normalized spacial score (nSPS) is 11.9. The van der Waals surface area contributed by atoms with Crippen molar-refractivity contribution in [2.45, 2.75) is 32.7 Å². The second kappa shape index (κ2) is 7.78. The van der Waals surface area contributed by atoms with Gasteiger partial charge in [-0.15, -0.1) is 0 Å². The largest absolute Gasteiger partial charge is 0.382 e. The molecule has 2 heteroatoms. The molecule has 3 rings (SSSR count). The first-order chi connectivity index (χ1) is 11.7. The second-order valence-electron chi connectivity index (χ2n) is 6.21. The Balaban J connectivity index is 1.75. The summed E-state index contributed by atoms with van der Waals surface area (Å²) in [5, 5.41) is 3.69. The molecule has 2 nitrogen and oxygen atoms in total. The Kier molecular flexibility index (Phi) is 5.27. The van der Waals surface area contributed by atoms with E-state index >= 15 is 0 Å². The Morgan fingerprint density at radius 1 is 1.08 bits per heavy atom. The van der Waals surface area contributed by atoms with Crippen LogP contribution in [0, 0.1) is 13.0 Å². The maximum Gasteiger partial charge on any atom is 0.0728 e. The van der Waals surface area contributed by atoms with Crippen molar-refractivity contribution < 1.29 is 0 Å². The molecule has 0 spiro atoms. The van der Waals surface area contributed by atoms with E-state index in [1.165, 1.54) is 16.8 Å². The highest BCUT2D eigenvalue weighted by Gasteiger charge is 2.11. The number of hydrogen-bond acceptors (Lipinski definition) is 2. The zero-order chi connectivity index (χ0) is 16.8. The molecule has 0 saturated heterocycles. The van der Waals surface area contributed by atoms with Crippen LogP contribution in [0.1, 0.15) is 24.5 Å². The molecule has 3 aromatic rings. The third-order valence-electron chi connectivity index (χ3n) is 4.25. The second-order valence-corrected chi connectivity index (χ2v) is 6.21. The smallest absolute Gasteiger partial charge is 0.0728 e. The molecule has 0 fully saturated rings. The number of nitrogens with zero attached hydrogens (tertiary/aromatic N) is 1. The molecule has 1 N–H and O–H groups in total. The topological polar surface area (TPSA) is 24.9 Å². The van der Waals surface area contributed by atoms with Gasteiger partial charge in [0, 0.05) is 23.5 Å². The van der Waals surface area contributed by atoms with Gasteiger partial charge in [0.25, 0.3) is 0 Å². The van der Waals surface area contributed by atoms with Crippen molar-refractivity contribution in [1.82, 2.24) is 4.98 Å². The number of hydrogen-bond donors (Lipinski definition) is 1. The van der Waals surface area contributed by atoms with Gasteiger partial charge >= 0.3 is 0 Å². The molecular formula is C22H23N2. The Morgan fingerprint density at radius 2 is 1.92 bits per heavy atom. The standard InChI is InChI=1S/C22H23N2/c1-17-9-8-12-20(21-13-6-7-16-23-21)22(17)24-18(2)14-15-19-10-4-3-5-11-19/h3-5,7-13,16,18,24H,14-15H2,1-2H3. The summed E-state index contributed by atoms with van der Waals surface area (Å²) in [6.45, 7) is 4.38. The molecule has 1 unspecified atom stereocenters. The fraction of sp³-hybridized carbons (Fsp3) is 0.227. The van der Waals surface area contributed by atoms with Crippen molar-refractivity contribution >= 4 is 5.69 Å². The average Bonchev–Trinajstić information content (AvgIpc) is 2.63. The van der Waals surface area contributed by atoms with E-state index in [9.17, 15) is 0 Å². The maximum absolute atomic E-state index is 4.48. The number of aromatic nitrogens is 1. The number of aryl methyl sites for hydroxylation is 2. The Labute approximate surface area is 144 Å². The van der Waals surface area contributed by atoms with Gasteiger partial charge in [-0.05, 0) is 56.0 Å². The highest BCUT2D eigenvalue weighted by molar-refractivity contribution is 5.78. The van der Waals surface area contributed by atoms with E-state index in [4.69, 9.17) is 0 Å². The minimum Gasteiger partial charge on any atom is -0.382 e. The number of rotatable bonds is 6. The van der Waals surface area contributed by atoms with Crippen LogP contribution >= 0.6 is 0 Å². The number of para-hydroxylation sites is 1. The SMILES string of the molecule is Cc1cccc(-c2c[c]ccn2)c1NC(C)CCc1ccccc1. The molecule has 2 aromatic carbocycles. The molecule has 121 valence electrons. The molecule has 1 aromatic heterocycles. The van der Waals surface area contributed by atoms with Crippen LogP contribution in [0.25, 0.3) is 11.3 Å². The Hall–Kier alpha value is -2.61. The summed E-state index contributed by atoms with van der Waals surface area (Å²) in [6.07, 6.45) is 3.96. The van der Waals surface area contributed by atoms with E-state index in [0.29, 0.717) is 6.04 Å². The van der Waals surface area contributed by atoms with Gasteiger partial charge in [0.05, 0.1) is 5.69 Å². The van der Waals surface area contributed by atoms with Crippen molar-refractivity contribution in [3.05, 3.63) is 84.1 Å². The van der Waals surface area contributed by atoms with E-state index in [1.807, 2.05) is 12.1 Å².